The summed E-state index contributed by atoms with van der Waals surface area (Å²) in [5.41, 5.74) is 0.387. The van der Waals surface area contributed by atoms with Crippen LogP contribution in [0.1, 0.15) is 46.0 Å². The van der Waals surface area contributed by atoms with Gasteiger partial charge in [-0.25, -0.2) is 0 Å². The smallest absolute Gasteiger partial charge is 0.226 e. The van der Waals surface area contributed by atoms with E-state index in [1.54, 1.807) is 0 Å². The minimum Gasteiger partial charge on any atom is -0.342 e. The first-order chi connectivity index (χ1) is 10.2. The minimum absolute atomic E-state index is 0.351. The Morgan fingerprint density at radius 3 is 2.38 bits per heavy atom. The van der Waals surface area contributed by atoms with Gasteiger partial charge >= 0.3 is 0 Å². The van der Waals surface area contributed by atoms with Gasteiger partial charge in [-0.2, -0.15) is 0 Å². The van der Waals surface area contributed by atoms with Crippen molar-refractivity contribution in [1.29, 1.82) is 0 Å². The van der Waals surface area contributed by atoms with Gasteiger partial charge in [0.15, 0.2) is 0 Å². The van der Waals surface area contributed by atoms with Crippen molar-refractivity contribution in [2.24, 2.45) is 11.3 Å². The largest absolute Gasteiger partial charge is 0.342 e. The highest BCUT2D eigenvalue weighted by molar-refractivity contribution is 5.82. The van der Waals surface area contributed by atoms with E-state index in [-0.39, 0.29) is 0 Å². The molecule has 2 saturated heterocycles. The second-order valence-electron chi connectivity index (χ2n) is 7.15. The zero-order valence-corrected chi connectivity index (χ0v) is 13.7. The monoisotopic (exact) mass is 293 g/mol. The van der Waals surface area contributed by atoms with Crippen molar-refractivity contribution >= 4 is 5.91 Å². The molecule has 4 heteroatoms. The van der Waals surface area contributed by atoms with Gasteiger partial charge in [0.1, 0.15) is 0 Å². The molecule has 0 aromatic heterocycles. The first-order valence-corrected chi connectivity index (χ1v) is 8.93. The summed E-state index contributed by atoms with van der Waals surface area (Å²) in [6.45, 7) is 10.9. The Morgan fingerprint density at radius 1 is 1.19 bits per heavy atom. The molecule has 4 nitrogen and oxygen atoms in total. The predicted octanol–water partition coefficient (Wildman–Crippen LogP) is 1.71. The summed E-state index contributed by atoms with van der Waals surface area (Å²) in [4.78, 5) is 17.5. The number of carbonyl (C=O) groups is 1. The molecule has 1 atom stereocenters. The quantitative estimate of drug-likeness (QED) is 0.857. The maximum atomic E-state index is 12.7. The van der Waals surface area contributed by atoms with E-state index < -0.39 is 0 Å². The maximum Gasteiger partial charge on any atom is 0.226 e. The molecule has 3 rings (SSSR count). The summed E-state index contributed by atoms with van der Waals surface area (Å²) in [6, 6.07) is 0.691. The zero-order valence-electron chi connectivity index (χ0n) is 13.7. The van der Waals surface area contributed by atoms with E-state index in [0.717, 1.165) is 58.5 Å². The zero-order chi connectivity index (χ0) is 14.9. The van der Waals surface area contributed by atoms with Gasteiger partial charge in [-0.1, -0.05) is 13.8 Å². The topological polar surface area (TPSA) is 35.6 Å². The highest BCUT2D eigenvalue weighted by Crippen LogP contribution is 2.59. The van der Waals surface area contributed by atoms with Crippen LogP contribution in [0.15, 0.2) is 0 Å². The number of rotatable bonds is 4. The highest BCUT2D eigenvalue weighted by Gasteiger charge is 2.58. The molecule has 0 bridgehead atoms. The molecule has 21 heavy (non-hydrogen) atoms. The number of amides is 1. The summed E-state index contributed by atoms with van der Waals surface area (Å²) < 4.78 is 0. The van der Waals surface area contributed by atoms with Crippen LogP contribution in [0.25, 0.3) is 0 Å². The molecule has 1 unspecified atom stereocenters. The second kappa shape index (κ2) is 6.25. The fourth-order valence-electron chi connectivity index (χ4n) is 4.59. The van der Waals surface area contributed by atoms with Crippen LogP contribution in [0.5, 0.6) is 0 Å². The molecule has 1 amide bonds. The number of hydrogen-bond donors (Lipinski definition) is 1. The number of hydrogen-bond acceptors (Lipinski definition) is 3. The molecule has 1 N–H and O–H groups in total. The van der Waals surface area contributed by atoms with Crippen LogP contribution >= 0.6 is 0 Å². The Bertz CT molecular complexity index is 366. The molecule has 120 valence electrons. The standard InChI is InChI=1S/C17H31N3O/c1-3-19(4-2)14-5-11-20(12-6-14)16(21)15-13-17(15)7-9-18-10-8-17/h14-15,18H,3-13H2,1-2H3. The van der Waals surface area contributed by atoms with E-state index in [4.69, 9.17) is 0 Å². The lowest BCUT2D eigenvalue weighted by molar-refractivity contribution is -0.135. The molecular formula is C17H31N3O. The van der Waals surface area contributed by atoms with Crippen molar-refractivity contribution in [2.45, 2.75) is 52.0 Å². The van der Waals surface area contributed by atoms with Crippen molar-refractivity contribution in [3.63, 3.8) is 0 Å². The van der Waals surface area contributed by atoms with Gasteiger partial charge in [0, 0.05) is 25.0 Å². The SMILES string of the molecule is CCN(CC)C1CCN(C(=O)C2CC23CCNCC3)CC1. The third kappa shape index (κ3) is 2.98. The van der Waals surface area contributed by atoms with Crippen molar-refractivity contribution in [3.05, 3.63) is 0 Å². The predicted molar refractivity (Wildman–Crippen MR) is 85.2 cm³/mol. The number of nitrogens with zero attached hydrogens (tertiary/aromatic N) is 2. The molecule has 3 aliphatic rings. The Balaban J connectivity index is 1.50. The Kier molecular flexibility index (Phi) is 4.55. The van der Waals surface area contributed by atoms with Crippen LogP contribution in [-0.2, 0) is 4.79 Å². The number of likely N-dealkylation sites (tertiary alicyclic amines) is 1. The van der Waals surface area contributed by atoms with Crippen molar-refractivity contribution in [2.75, 3.05) is 39.3 Å². The number of piperidine rings is 2. The van der Waals surface area contributed by atoms with Gasteiger partial charge in [-0.3, -0.25) is 4.79 Å². The third-order valence-corrected chi connectivity index (χ3v) is 6.19. The molecule has 3 fully saturated rings. The van der Waals surface area contributed by atoms with Crippen molar-refractivity contribution < 1.29 is 4.79 Å². The summed E-state index contributed by atoms with van der Waals surface area (Å²) >= 11 is 0. The molecule has 1 spiro atoms. The number of nitrogens with one attached hydrogen (secondary N) is 1. The second-order valence-corrected chi connectivity index (χ2v) is 7.15. The maximum absolute atomic E-state index is 12.7. The molecule has 0 aromatic rings. The Morgan fingerprint density at radius 2 is 1.81 bits per heavy atom. The average molecular weight is 293 g/mol. The van der Waals surface area contributed by atoms with Crippen LogP contribution in [-0.4, -0.2) is 61.0 Å². The molecule has 1 aliphatic carbocycles. The summed E-state index contributed by atoms with van der Waals surface area (Å²) in [5, 5.41) is 3.42. The van der Waals surface area contributed by atoms with Gasteiger partial charge in [0.05, 0.1) is 0 Å². The van der Waals surface area contributed by atoms with Gasteiger partial charge in [-0.15, -0.1) is 0 Å². The normalized spacial score (nSPS) is 29.1. The lowest BCUT2D eigenvalue weighted by Crippen LogP contribution is -2.47. The fourth-order valence-corrected chi connectivity index (χ4v) is 4.59. The first kappa shape index (κ1) is 15.3. The van der Waals surface area contributed by atoms with Crippen LogP contribution in [0.4, 0.5) is 0 Å². The van der Waals surface area contributed by atoms with Gasteiger partial charge in [0.25, 0.3) is 0 Å². The van der Waals surface area contributed by atoms with Gasteiger partial charge in [0.2, 0.25) is 5.91 Å². The Hall–Kier alpha value is -0.610. The van der Waals surface area contributed by atoms with Crippen molar-refractivity contribution in [1.82, 2.24) is 15.1 Å². The number of carbonyl (C=O) groups excluding carboxylic acids is 1. The lowest BCUT2D eigenvalue weighted by Gasteiger charge is -2.38. The molecule has 2 aliphatic heterocycles. The van der Waals surface area contributed by atoms with Crippen LogP contribution in [0.3, 0.4) is 0 Å². The molecular weight excluding hydrogens is 262 g/mol. The van der Waals surface area contributed by atoms with E-state index in [9.17, 15) is 4.79 Å². The molecule has 2 heterocycles. The van der Waals surface area contributed by atoms with Crippen LogP contribution < -0.4 is 5.32 Å². The lowest BCUT2D eigenvalue weighted by atomic mass is 9.91. The third-order valence-electron chi connectivity index (χ3n) is 6.19. The summed E-state index contributed by atoms with van der Waals surface area (Å²) in [5.74, 6) is 0.819. The fraction of sp³-hybridized carbons (Fsp3) is 0.941. The van der Waals surface area contributed by atoms with E-state index >= 15 is 0 Å². The van der Waals surface area contributed by atoms with E-state index in [2.05, 4.69) is 29.0 Å². The van der Waals surface area contributed by atoms with Crippen molar-refractivity contribution in [3.8, 4) is 0 Å². The highest BCUT2D eigenvalue weighted by atomic mass is 16.2. The molecule has 1 saturated carbocycles. The molecule has 0 radical (unpaired) electrons. The van der Waals surface area contributed by atoms with Crippen LogP contribution in [0.2, 0.25) is 0 Å². The summed E-state index contributed by atoms with van der Waals surface area (Å²) in [7, 11) is 0. The van der Waals surface area contributed by atoms with Crippen LogP contribution in [0, 0.1) is 11.3 Å². The van der Waals surface area contributed by atoms with E-state index in [0.29, 0.717) is 23.3 Å². The van der Waals surface area contributed by atoms with E-state index in [1.165, 1.54) is 12.8 Å². The average Bonchev–Trinajstić information content (AvgIpc) is 3.22. The minimum atomic E-state index is 0.351. The Labute approximate surface area is 129 Å². The van der Waals surface area contributed by atoms with Gasteiger partial charge < -0.3 is 15.1 Å². The summed E-state index contributed by atoms with van der Waals surface area (Å²) in [6.07, 6.45) is 5.89. The molecule has 0 aromatic carbocycles. The van der Waals surface area contributed by atoms with E-state index in [1.807, 2.05) is 0 Å². The van der Waals surface area contributed by atoms with Gasteiger partial charge in [-0.05, 0) is 63.7 Å². The first-order valence-electron chi connectivity index (χ1n) is 8.93.